The monoisotopic (exact) mass is 694 g/mol. The second kappa shape index (κ2) is 15.8. The maximum absolute atomic E-state index is 12.3. The predicted molar refractivity (Wildman–Crippen MR) is 176 cm³/mol. The molecule has 2 heterocycles. The van der Waals surface area contributed by atoms with Gasteiger partial charge in [-0.15, -0.1) is 0 Å². The highest BCUT2D eigenvalue weighted by molar-refractivity contribution is 7.89. The molecule has 4 rings (SSSR count). The van der Waals surface area contributed by atoms with E-state index >= 15 is 0 Å². The summed E-state index contributed by atoms with van der Waals surface area (Å²) in [5.74, 6) is -1.26. The van der Waals surface area contributed by atoms with Crippen LogP contribution in [0, 0.1) is 0 Å². The fourth-order valence-electron chi connectivity index (χ4n) is 5.29. The van der Waals surface area contributed by atoms with Gasteiger partial charge in [0, 0.05) is 63.8 Å². The molecule has 0 aliphatic carbocycles. The van der Waals surface area contributed by atoms with E-state index in [1.165, 1.54) is 11.4 Å². The van der Waals surface area contributed by atoms with Crippen LogP contribution in [0.4, 0.5) is 11.4 Å². The zero-order valence-corrected chi connectivity index (χ0v) is 29.0. The number of sulfonamides is 2. The Hall–Kier alpha value is -3.86. The molecule has 47 heavy (non-hydrogen) atoms. The molecule has 14 nitrogen and oxygen atoms in total. The highest BCUT2D eigenvalue weighted by atomic mass is 32.2. The van der Waals surface area contributed by atoms with Crippen molar-refractivity contribution in [2.24, 2.45) is 0 Å². The lowest BCUT2D eigenvalue weighted by Crippen LogP contribution is -2.39. The van der Waals surface area contributed by atoms with E-state index in [1.54, 1.807) is 37.3 Å². The van der Waals surface area contributed by atoms with Crippen LogP contribution in [0.1, 0.15) is 51.6 Å². The molecule has 0 amide bonds. The van der Waals surface area contributed by atoms with E-state index in [0.717, 1.165) is 22.0 Å². The van der Waals surface area contributed by atoms with E-state index in [9.17, 15) is 36.0 Å². The van der Waals surface area contributed by atoms with Crippen LogP contribution >= 0.6 is 0 Å². The maximum Gasteiger partial charge on any atom is 0.324 e. The lowest BCUT2D eigenvalue weighted by atomic mass is 10.1. The van der Waals surface area contributed by atoms with E-state index in [-0.39, 0.29) is 44.0 Å². The highest BCUT2D eigenvalue weighted by Crippen LogP contribution is 2.28. The number of carbonyl (C=O) groups is 4. The van der Waals surface area contributed by atoms with Crippen molar-refractivity contribution in [1.29, 1.82) is 0 Å². The molecular weight excluding hydrogens is 652 g/mol. The Bertz CT molecular complexity index is 1690. The minimum Gasteiger partial charge on any atom is -0.468 e. The van der Waals surface area contributed by atoms with Gasteiger partial charge in [-0.05, 0) is 67.3 Å². The fraction of sp³-hybridized carbons (Fsp3) is 0.484. The number of nitrogens with zero attached hydrogens (tertiary/aromatic N) is 4. The molecule has 2 saturated heterocycles. The number of aldehydes is 2. The third kappa shape index (κ3) is 9.37. The molecule has 2 atom stereocenters. The van der Waals surface area contributed by atoms with Gasteiger partial charge in [0.1, 0.15) is 24.7 Å². The molecule has 2 aliphatic rings. The summed E-state index contributed by atoms with van der Waals surface area (Å²) < 4.78 is 61.0. The van der Waals surface area contributed by atoms with Crippen LogP contribution in [0.2, 0.25) is 0 Å². The van der Waals surface area contributed by atoms with Crippen LogP contribution in [0.15, 0.2) is 36.4 Å². The van der Waals surface area contributed by atoms with E-state index in [4.69, 9.17) is 9.47 Å². The van der Waals surface area contributed by atoms with Crippen LogP contribution in [-0.2, 0) is 52.2 Å². The summed E-state index contributed by atoms with van der Waals surface area (Å²) in [4.78, 5) is 49.7. The number of esters is 2. The summed E-state index contributed by atoms with van der Waals surface area (Å²) in [6.07, 6.45) is 1.86. The minimum absolute atomic E-state index is 0.0324. The molecule has 0 saturated carbocycles. The molecular formula is C31H42N4O10S2. The van der Waals surface area contributed by atoms with Crippen molar-refractivity contribution in [3.8, 4) is 0 Å². The van der Waals surface area contributed by atoms with Crippen molar-refractivity contribution in [3.05, 3.63) is 58.7 Å². The molecule has 2 aromatic rings. The summed E-state index contributed by atoms with van der Waals surface area (Å²) in [6.45, 7) is 1.95. The first kappa shape index (κ1) is 37.6. The van der Waals surface area contributed by atoms with Gasteiger partial charge in [-0.3, -0.25) is 19.2 Å². The quantitative estimate of drug-likeness (QED) is 0.247. The minimum atomic E-state index is -3.52. The van der Waals surface area contributed by atoms with Gasteiger partial charge in [0.05, 0.1) is 25.2 Å². The van der Waals surface area contributed by atoms with Crippen molar-refractivity contribution >= 4 is 55.9 Å². The largest absolute Gasteiger partial charge is 0.468 e. The Kier molecular flexibility index (Phi) is 12.7. The first-order valence-electron chi connectivity index (χ1n) is 14.8. The van der Waals surface area contributed by atoms with Crippen LogP contribution in [-0.4, -0.2) is 115 Å². The summed E-state index contributed by atoms with van der Waals surface area (Å²) in [5.41, 5.74) is 3.80. The van der Waals surface area contributed by atoms with E-state index in [1.807, 2.05) is 44.1 Å². The molecule has 0 spiro atoms. The van der Waals surface area contributed by atoms with Crippen molar-refractivity contribution < 1.29 is 45.5 Å². The standard InChI is InChI=1S/C16H22N2O5S.C15H20N2O5S/c1-4-23-16(20)15-5-6-24(21,22)18(15)10-12-7-13(11-19)9-14(8-12)17(2)3;1-16(2)13-7-11(6-12(8-13)10-18)9-17-14(15(19)22-3)4-5-23(17,20)21/h7-9,11,15H,4-6,10H2,1-3H3;6-8,10,14H,4-5,9H2,1-3H3. The second-order valence-electron chi connectivity index (χ2n) is 11.5. The number of carbonyl (C=O) groups excluding carboxylic acids is 4. The average Bonchev–Trinajstić information content (AvgIpc) is 3.49. The highest BCUT2D eigenvalue weighted by Gasteiger charge is 2.43. The summed E-state index contributed by atoms with van der Waals surface area (Å²) in [7, 11) is 1.54. The number of methoxy groups -OCH3 is 1. The smallest absolute Gasteiger partial charge is 0.324 e. The Morgan fingerprint density at radius 3 is 1.49 bits per heavy atom. The second-order valence-corrected chi connectivity index (χ2v) is 15.6. The van der Waals surface area contributed by atoms with Crippen molar-refractivity contribution in [2.75, 3.05) is 63.2 Å². The van der Waals surface area contributed by atoms with Crippen molar-refractivity contribution in [1.82, 2.24) is 8.61 Å². The number of ether oxygens (including phenoxy) is 2. The van der Waals surface area contributed by atoms with E-state index < -0.39 is 44.1 Å². The van der Waals surface area contributed by atoms with Gasteiger partial charge >= 0.3 is 11.9 Å². The predicted octanol–water partition coefficient (Wildman–Crippen LogP) is 1.67. The summed E-state index contributed by atoms with van der Waals surface area (Å²) in [6, 6.07) is 8.69. The molecule has 2 fully saturated rings. The number of hydrogen-bond donors (Lipinski definition) is 0. The summed E-state index contributed by atoms with van der Waals surface area (Å²) >= 11 is 0. The van der Waals surface area contributed by atoms with Crippen molar-refractivity contribution in [3.63, 3.8) is 0 Å². The van der Waals surface area contributed by atoms with Gasteiger partial charge in [-0.1, -0.05) is 0 Å². The molecule has 16 heteroatoms. The van der Waals surface area contributed by atoms with Gasteiger partial charge in [0.2, 0.25) is 20.0 Å². The van der Waals surface area contributed by atoms with Gasteiger partial charge in [-0.25, -0.2) is 16.8 Å². The Balaban J connectivity index is 0.000000256. The summed E-state index contributed by atoms with van der Waals surface area (Å²) in [5, 5.41) is 0. The zero-order chi connectivity index (χ0) is 35.1. The van der Waals surface area contributed by atoms with E-state index in [2.05, 4.69) is 0 Å². The average molecular weight is 695 g/mol. The van der Waals surface area contributed by atoms with E-state index in [0.29, 0.717) is 28.5 Å². The number of rotatable bonds is 11. The third-order valence-electron chi connectivity index (χ3n) is 7.72. The molecule has 0 radical (unpaired) electrons. The Labute approximate surface area is 276 Å². The molecule has 2 aromatic carbocycles. The zero-order valence-electron chi connectivity index (χ0n) is 27.4. The topological polar surface area (TPSA) is 168 Å². The fourth-order valence-corrected chi connectivity index (χ4v) is 8.65. The molecule has 258 valence electrons. The first-order chi connectivity index (χ1) is 22.1. The maximum atomic E-state index is 12.3. The lowest BCUT2D eigenvalue weighted by Gasteiger charge is -2.22. The number of benzene rings is 2. The van der Waals surface area contributed by atoms with Crippen LogP contribution in [0.25, 0.3) is 0 Å². The van der Waals surface area contributed by atoms with Gasteiger partial charge in [0.25, 0.3) is 0 Å². The van der Waals surface area contributed by atoms with Gasteiger partial charge in [-0.2, -0.15) is 8.61 Å². The third-order valence-corrected chi connectivity index (χ3v) is 11.4. The van der Waals surface area contributed by atoms with Gasteiger partial charge < -0.3 is 19.3 Å². The van der Waals surface area contributed by atoms with Crippen LogP contribution in [0.5, 0.6) is 0 Å². The number of anilines is 2. The Morgan fingerprint density at radius 2 is 1.15 bits per heavy atom. The number of hydrogen-bond acceptors (Lipinski definition) is 12. The molecule has 0 bridgehead atoms. The molecule has 2 aliphatic heterocycles. The molecule has 0 N–H and O–H groups in total. The lowest BCUT2D eigenvalue weighted by molar-refractivity contribution is -0.147. The van der Waals surface area contributed by atoms with Gasteiger partial charge in [0.15, 0.2) is 0 Å². The molecule has 2 unspecified atom stereocenters. The van der Waals surface area contributed by atoms with Crippen molar-refractivity contribution in [2.45, 2.75) is 44.9 Å². The molecule has 0 aromatic heterocycles. The normalized spacial score (nSPS) is 20.0. The SMILES string of the molecule is CCOC(=O)C1CCS(=O)(=O)N1Cc1cc(C=O)cc(N(C)C)c1.COC(=O)C1CCS(=O)(=O)N1Cc1cc(C=O)cc(N(C)C)c1. The Morgan fingerprint density at radius 1 is 0.745 bits per heavy atom. The van der Waals surface area contributed by atoms with Crippen LogP contribution < -0.4 is 9.80 Å². The van der Waals surface area contributed by atoms with Crippen LogP contribution in [0.3, 0.4) is 0 Å². The first-order valence-corrected chi connectivity index (χ1v) is 18.0.